The van der Waals surface area contributed by atoms with Gasteiger partial charge in [-0.3, -0.25) is 9.59 Å². The maximum atomic E-state index is 13.1. The number of imide groups is 1. The molecule has 0 aromatic heterocycles. The number of carbonyl (C=O) groups excluding carboxylic acids is 2. The molecule has 0 radical (unpaired) electrons. The van der Waals surface area contributed by atoms with Crippen LogP contribution in [-0.2, 0) is 15.8 Å². The molecule has 3 aliphatic carbocycles. The average molecular weight is 373 g/mol. The van der Waals surface area contributed by atoms with Crippen molar-refractivity contribution in [2.75, 3.05) is 4.90 Å². The molecule has 4 atom stereocenters. The van der Waals surface area contributed by atoms with Crippen LogP contribution in [0, 0.1) is 23.7 Å². The van der Waals surface area contributed by atoms with Crippen LogP contribution in [0.3, 0.4) is 0 Å². The van der Waals surface area contributed by atoms with E-state index in [1.807, 2.05) is 12.2 Å². The second kappa shape index (κ2) is 5.57. The number of benzene rings is 1. The van der Waals surface area contributed by atoms with Crippen molar-refractivity contribution < 1.29 is 22.8 Å². The molecule has 1 aromatic rings. The van der Waals surface area contributed by atoms with Crippen LogP contribution in [0.4, 0.5) is 18.9 Å². The molecular formula is C21H18F3NO2. The van der Waals surface area contributed by atoms with E-state index in [1.54, 1.807) is 0 Å². The molecule has 3 nitrogen and oxygen atoms in total. The molecule has 0 spiro atoms. The fourth-order valence-electron chi connectivity index (χ4n) is 5.40. The van der Waals surface area contributed by atoms with Crippen LogP contribution >= 0.6 is 0 Å². The third-order valence-corrected chi connectivity index (χ3v) is 6.46. The number of fused-ring (bicyclic) bond motifs is 5. The number of hydrogen-bond acceptors (Lipinski definition) is 2. The Labute approximate surface area is 154 Å². The van der Waals surface area contributed by atoms with Crippen LogP contribution in [-0.4, -0.2) is 11.8 Å². The number of allylic oxidation sites excluding steroid dienone is 4. The number of anilines is 1. The molecule has 4 aliphatic rings. The van der Waals surface area contributed by atoms with Crippen molar-refractivity contribution in [3.63, 3.8) is 0 Å². The molecule has 2 amide bonds. The summed E-state index contributed by atoms with van der Waals surface area (Å²) >= 11 is 0. The van der Waals surface area contributed by atoms with E-state index >= 15 is 0 Å². The normalized spacial score (nSPS) is 32.2. The third kappa shape index (κ3) is 2.28. The summed E-state index contributed by atoms with van der Waals surface area (Å²) in [5, 5.41) is 0. The Morgan fingerprint density at radius 3 is 2.07 bits per heavy atom. The quantitative estimate of drug-likeness (QED) is 0.537. The van der Waals surface area contributed by atoms with Crippen molar-refractivity contribution in [1.82, 2.24) is 0 Å². The highest BCUT2D eigenvalue weighted by molar-refractivity contribution is 6.23. The van der Waals surface area contributed by atoms with Gasteiger partial charge in [-0.1, -0.05) is 29.4 Å². The first-order chi connectivity index (χ1) is 12.9. The lowest BCUT2D eigenvalue weighted by Crippen LogP contribution is -2.33. The standard InChI is InChI=1S/C21H18F3NO2/c22-21(23,24)12-6-3-7-13(10-12)25-19(26)17-14-8-9-15(18(17)20(25)27)16(14)11-4-1-2-5-11/h3,6-10,14-15,17-18H,1-2,4-5H2. The lowest BCUT2D eigenvalue weighted by molar-refractivity contribution is -0.137. The summed E-state index contributed by atoms with van der Waals surface area (Å²) in [6.07, 6.45) is 3.88. The Morgan fingerprint density at radius 2 is 1.52 bits per heavy atom. The molecule has 1 saturated heterocycles. The summed E-state index contributed by atoms with van der Waals surface area (Å²) in [4.78, 5) is 27.1. The van der Waals surface area contributed by atoms with Crippen molar-refractivity contribution in [2.45, 2.75) is 31.9 Å². The maximum absolute atomic E-state index is 13.1. The third-order valence-electron chi connectivity index (χ3n) is 6.46. The molecule has 5 rings (SSSR count). The molecule has 2 bridgehead atoms. The van der Waals surface area contributed by atoms with Gasteiger partial charge in [0.05, 0.1) is 23.1 Å². The number of nitrogens with zero attached hydrogens (tertiary/aromatic N) is 1. The van der Waals surface area contributed by atoms with E-state index in [0.717, 1.165) is 42.7 Å². The van der Waals surface area contributed by atoms with Crippen molar-refractivity contribution in [1.29, 1.82) is 0 Å². The first-order valence-electron chi connectivity index (χ1n) is 9.33. The molecule has 1 aliphatic heterocycles. The van der Waals surface area contributed by atoms with Crippen molar-refractivity contribution in [3.05, 3.63) is 53.1 Å². The summed E-state index contributed by atoms with van der Waals surface area (Å²) in [5.74, 6) is -1.80. The molecule has 4 unspecified atom stereocenters. The van der Waals surface area contributed by atoms with E-state index in [1.165, 1.54) is 23.3 Å². The van der Waals surface area contributed by atoms with E-state index in [9.17, 15) is 22.8 Å². The molecule has 27 heavy (non-hydrogen) atoms. The van der Waals surface area contributed by atoms with Gasteiger partial charge in [-0.2, -0.15) is 13.2 Å². The molecular weight excluding hydrogens is 355 g/mol. The Balaban J connectivity index is 1.52. The van der Waals surface area contributed by atoms with Gasteiger partial charge < -0.3 is 0 Å². The summed E-state index contributed by atoms with van der Waals surface area (Å²) < 4.78 is 39.1. The summed E-state index contributed by atoms with van der Waals surface area (Å²) in [6.45, 7) is 0. The Kier molecular flexibility index (Phi) is 3.46. The summed E-state index contributed by atoms with van der Waals surface area (Å²) in [7, 11) is 0. The largest absolute Gasteiger partial charge is 0.416 e. The van der Waals surface area contributed by atoms with Gasteiger partial charge >= 0.3 is 6.18 Å². The molecule has 2 saturated carbocycles. The van der Waals surface area contributed by atoms with Crippen LogP contribution in [0.1, 0.15) is 31.2 Å². The molecule has 1 aromatic carbocycles. The SMILES string of the molecule is O=C1C2C3C=CC(C3=C3CCCC3)C2C(=O)N1c1cccc(C(F)(F)F)c1. The zero-order valence-electron chi connectivity index (χ0n) is 14.5. The minimum Gasteiger partial charge on any atom is -0.274 e. The van der Waals surface area contributed by atoms with E-state index in [-0.39, 0.29) is 29.3 Å². The lowest BCUT2D eigenvalue weighted by Gasteiger charge is -2.20. The number of carbonyl (C=O) groups is 2. The van der Waals surface area contributed by atoms with Gasteiger partial charge in [-0.25, -0.2) is 4.90 Å². The van der Waals surface area contributed by atoms with Gasteiger partial charge in [0.2, 0.25) is 11.8 Å². The van der Waals surface area contributed by atoms with Crippen LogP contribution < -0.4 is 4.90 Å². The molecule has 1 heterocycles. The van der Waals surface area contributed by atoms with E-state index in [2.05, 4.69) is 0 Å². The second-order valence-electron chi connectivity index (χ2n) is 7.81. The summed E-state index contributed by atoms with van der Waals surface area (Å²) in [6, 6.07) is 4.48. The highest BCUT2D eigenvalue weighted by Gasteiger charge is 2.62. The number of halogens is 3. The fourth-order valence-corrected chi connectivity index (χ4v) is 5.40. The van der Waals surface area contributed by atoms with E-state index in [4.69, 9.17) is 0 Å². The van der Waals surface area contributed by atoms with Gasteiger partial charge in [0.15, 0.2) is 0 Å². The highest BCUT2D eigenvalue weighted by atomic mass is 19.4. The Morgan fingerprint density at radius 1 is 0.926 bits per heavy atom. The molecule has 0 N–H and O–H groups in total. The molecule has 6 heteroatoms. The van der Waals surface area contributed by atoms with Crippen molar-refractivity contribution in [2.24, 2.45) is 23.7 Å². The highest BCUT2D eigenvalue weighted by Crippen LogP contribution is 2.58. The van der Waals surface area contributed by atoms with Gasteiger partial charge in [0.1, 0.15) is 0 Å². The van der Waals surface area contributed by atoms with Crippen LogP contribution in [0.2, 0.25) is 0 Å². The Bertz CT molecular complexity index is 872. The monoisotopic (exact) mass is 373 g/mol. The van der Waals surface area contributed by atoms with Gasteiger partial charge in [-0.15, -0.1) is 0 Å². The predicted octanol–water partition coefficient (Wildman–Crippen LogP) is 4.50. The lowest BCUT2D eigenvalue weighted by atomic mass is 9.85. The van der Waals surface area contributed by atoms with Crippen LogP contribution in [0.5, 0.6) is 0 Å². The number of amides is 2. The zero-order chi connectivity index (χ0) is 18.9. The fraction of sp³-hybridized carbons (Fsp3) is 0.429. The van der Waals surface area contributed by atoms with Crippen LogP contribution in [0.25, 0.3) is 0 Å². The van der Waals surface area contributed by atoms with Crippen LogP contribution in [0.15, 0.2) is 47.6 Å². The average Bonchev–Trinajstić information content (AvgIpc) is 3.37. The number of alkyl halides is 3. The van der Waals surface area contributed by atoms with Crippen molar-refractivity contribution in [3.8, 4) is 0 Å². The van der Waals surface area contributed by atoms with Gasteiger partial charge in [0, 0.05) is 11.8 Å². The first kappa shape index (κ1) is 16.8. The van der Waals surface area contributed by atoms with Crippen molar-refractivity contribution >= 4 is 17.5 Å². The van der Waals surface area contributed by atoms with E-state index in [0.29, 0.717) is 0 Å². The minimum absolute atomic E-state index is 0.0173. The minimum atomic E-state index is -4.52. The predicted molar refractivity (Wildman–Crippen MR) is 92.5 cm³/mol. The zero-order valence-corrected chi connectivity index (χ0v) is 14.5. The number of hydrogen-bond donors (Lipinski definition) is 0. The smallest absolute Gasteiger partial charge is 0.274 e. The van der Waals surface area contributed by atoms with E-state index < -0.39 is 23.6 Å². The number of rotatable bonds is 1. The van der Waals surface area contributed by atoms with Gasteiger partial charge in [-0.05, 0) is 43.9 Å². The first-order valence-corrected chi connectivity index (χ1v) is 9.33. The maximum Gasteiger partial charge on any atom is 0.416 e. The summed E-state index contributed by atoms with van der Waals surface area (Å²) in [5.41, 5.74) is 1.79. The second-order valence-corrected chi connectivity index (χ2v) is 7.81. The Hall–Kier alpha value is -2.37. The molecule has 140 valence electrons. The molecule has 3 fully saturated rings. The van der Waals surface area contributed by atoms with Gasteiger partial charge in [0.25, 0.3) is 0 Å². The topological polar surface area (TPSA) is 37.4 Å².